The number of hydrogen-bond donors (Lipinski definition) is 0. The van der Waals surface area contributed by atoms with Gasteiger partial charge in [0.15, 0.2) is 34.9 Å². The van der Waals surface area contributed by atoms with Gasteiger partial charge >= 0.3 is 0 Å². The minimum Gasteiger partial charge on any atom is -0.309 e. The predicted octanol–water partition coefficient (Wildman–Crippen LogP) is 33.2. The van der Waals surface area contributed by atoms with E-state index in [4.69, 9.17) is 65.4 Å². The van der Waals surface area contributed by atoms with Crippen LogP contribution >= 0.6 is 0 Å². The van der Waals surface area contributed by atoms with E-state index in [0.29, 0.717) is 34.2 Å². The van der Waals surface area contributed by atoms with Gasteiger partial charge in [0.25, 0.3) is 0 Å². The van der Waals surface area contributed by atoms with Gasteiger partial charge in [-0.05, 0) is 149 Å². The van der Waals surface area contributed by atoms with Crippen molar-refractivity contribution in [1.82, 2.24) is 72.3 Å². The van der Waals surface area contributed by atoms with Crippen LogP contribution in [0.4, 0.5) is 0 Å². The highest BCUT2D eigenvalue weighted by Crippen LogP contribution is 2.46. The molecule has 0 saturated heterocycles. The number of nitrogens with zero attached hydrogens (tertiary/aromatic N) is 15. The molecule has 0 unspecified atom stereocenters. The topological polar surface area (TPSA) is 146 Å². The second kappa shape index (κ2) is 37.0. The lowest BCUT2D eigenvalue weighted by molar-refractivity contribution is 0.953. The van der Waals surface area contributed by atoms with E-state index in [1.807, 2.05) is 305 Å². The van der Waals surface area contributed by atoms with Crippen LogP contribution in [0.15, 0.2) is 527 Å². The molecule has 15 nitrogen and oxygen atoms in total. The van der Waals surface area contributed by atoms with Gasteiger partial charge in [-0.2, -0.15) is 29.9 Å². The third-order valence-electron chi connectivity index (χ3n) is 27.8. The Kier molecular flexibility index (Phi) is 17.9. The average Bonchev–Trinajstić information content (AvgIpc) is 1.56. The first kappa shape index (κ1) is 72.7. The molecule has 30 rings (SSSR count). The quantitative estimate of drug-likeness (QED) is 0.0979. The molecule has 0 saturated carbocycles. The molecule has 30 aromatic rings. The van der Waals surface area contributed by atoms with Crippen LogP contribution in [0.1, 0.15) is 20.6 Å². The zero-order chi connectivity index (χ0) is 112. The molecule has 0 aliphatic rings. The molecule has 0 fully saturated rings. The molecule has 0 bridgehead atoms. The van der Waals surface area contributed by atoms with E-state index in [1.54, 1.807) is 0 Å². The van der Waals surface area contributed by atoms with E-state index in [0.717, 1.165) is 181 Å². The summed E-state index contributed by atoms with van der Waals surface area (Å²) in [6.45, 7) is 0. The summed E-state index contributed by atoms with van der Waals surface area (Å²) in [6, 6.07) is 140. The van der Waals surface area contributed by atoms with E-state index in [9.17, 15) is 0 Å². The molecule has 150 heavy (non-hydrogen) atoms. The molecule has 0 aliphatic carbocycles. The van der Waals surface area contributed by atoms with Crippen molar-refractivity contribution in [1.29, 1.82) is 0 Å². The lowest BCUT2D eigenvalue weighted by Gasteiger charge is -2.13. The van der Waals surface area contributed by atoms with Crippen molar-refractivity contribution in [3.05, 3.63) is 527 Å². The molecule has 0 atom stereocenters. The van der Waals surface area contributed by atoms with Gasteiger partial charge in [0.05, 0.1) is 86.8 Å². The molecular formula is C135H87N15. The largest absolute Gasteiger partial charge is 0.309 e. The molecule has 9 heterocycles. The number of fused-ring (bicyclic) bond motifs is 18. The third kappa shape index (κ3) is 15.3. The van der Waals surface area contributed by atoms with Crippen molar-refractivity contribution in [3.8, 4) is 137 Å². The van der Waals surface area contributed by atoms with Crippen molar-refractivity contribution in [2.45, 2.75) is 0 Å². The van der Waals surface area contributed by atoms with Crippen LogP contribution in [0, 0.1) is 0 Å². The van der Waals surface area contributed by atoms with Crippen LogP contribution in [0.25, 0.3) is 267 Å². The molecule has 0 spiro atoms. The van der Waals surface area contributed by atoms with Gasteiger partial charge in [-0.25, -0.2) is 15.0 Å². The summed E-state index contributed by atoms with van der Waals surface area (Å²) in [4.78, 5) is 44.7. The van der Waals surface area contributed by atoms with Crippen molar-refractivity contribution in [2.75, 3.05) is 0 Å². The fourth-order valence-corrected chi connectivity index (χ4v) is 21.2. The lowest BCUT2D eigenvalue weighted by atomic mass is 9.99. The van der Waals surface area contributed by atoms with Gasteiger partial charge in [0.2, 0.25) is 17.8 Å². The Labute approximate surface area is 882 Å². The minimum absolute atomic E-state index is 0.0168. The Bertz CT molecular complexity index is 11400. The summed E-state index contributed by atoms with van der Waals surface area (Å²) in [5.74, 6) is 1.63. The van der Waals surface area contributed by atoms with E-state index in [2.05, 4.69) is 159 Å². The summed E-state index contributed by atoms with van der Waals surface area (Å²) in [7, 11) is 0. The zero-order valence-corrected chi connectivity index (χ0v) is 79.8. The summed E-state index contributed by atoms with van der Waals surface area (Å²) in [5, 5.41) is 12.3. The standard InChI is InChI=1S/3C45H29N5/c1-4-15-30(16-5-1)32-19-14-20-33(27-32)44-46-43(31-17-6-2-7-18-31)47-45(48-44)50-40-26-13-11-24-36(40)38-28-41-37(29-42(38)50)35-23-10-12-25-39(35)49(41)34-21-8-3-9-22-34;1-4-14-30(15-5-1)31-24-26-33(27-25-31)44-46-43(32-16-6-2-7-17-32)47-45(48-44)50-40-23-13-11-21-36(40)38-28-41-37(29-42(38)50)35-20-10-12-22-39(35)49(41)34-18-8-3-9-19-34;1-4-16-30(17-5-1)33-22-10-11-25-36(33)44-46-43(31-18-6-2-7-19-31)47-45(48-44)50-40-27-15-13-24-35(40)38-28-41-37(29-42(38)50)34-23-12-14-26-39(34)49(41)32-20-8-3-9-21-32/h3*1-29H/i2D,6D,7D,17D,18D;2D,6D,7D,16D,17D;2D,6D,7D,18D,19D. The molecule has 702 valence electrons. The Morgan fingerprint density at radius 2 is 0.360 bits per heavy atom. The number of para-hydroxylation sites is 9. The van der Waals surface area contributed by atoms with Gasteiger partial charge in [-0.15, -0.1) is 0 Å². The molecule has 9 aromatic heterocycles. The first-order valence-corrected chi connectivity index (χ1v) is 49.2. The number of aromatic nitrogens is 15. The molecule has 0 radical (unpaired) electrons. The van der Waals surface area contributed by atoms with Crippen LogP contribution in [-0.4, -0.2) is 72.3 Å². The molecule has 21 aromatic carbocycles. The maximum atomic E-state index is 8.89. The van der Waals surface area contributed by atoms with Crippen LogP contribution in [0.5, 0.6) is 0 Å². The summed E-state index contributed by atoms with van der Waals surface area (Å²) in [5.41, 5.74) is 22.4. The van der Waals surface area contributed by atoms with Gasteiger partial charge in [-0.1, -0.05) is 412 Å². The fraction of sp³-hybridized carbons (Fsp3) is 0. The summed E-state index contributed by atoms with van der Waals surface area (Å²) >= 11 is 0. The van der Waals surface area contributed by atoms with Crippen molar-refractivity contribution in [2.24, 2.45) is 0 Å². The normalized spacial score (nSPS) is 13.0. The van der Waals surface area contributed by atoms with E-state index in [-0.39, 0.29) is 88.3 Å². The highest BCUT2D eigenvalue weighted by molar-refractivity contribution is 6.22. The Balaban J connectivity index is 0.000000116. The first-order valence-electron chi connectivity index (χ1n) is 56.7. The Morgan fingerprint density at radius 3 is 0.700 bits per heavy atom. The average molecular weight is 1930 g/mol. The third-order valence-corrected chi connectivity index (χ3v) is 27.8. The second-order valence-corrected chi connectivity index (χ2v) is 36.4. The highest BCUT2D eigenvalue weighted by atomic mass is 15.2. The van der Waals surface area contributed by atoms with Gasteiger partial charge in [-0.3, -0.25) is 13.7 Å². The predicted molar refractivity (Wildman–Crippen MR) is 614 cm³/mol. The summed E-state index contributed by atoms with van der Waals surface area (Å²) in [6.07, 6.45) is 0. The van der Waals surface area contributed by atoms with Crippen LogP contribution < -0.4 is 0 Å². The molecule has 0 amide bonds. The van der Waals surface area contributed by atoms with E-state index < -0.39 is 54.4 Å². The fourth-order valence-electron chi connectivity index (χ4n) is 21.2. The van der Waals surface area contributed by atoms with Crippen LogP contribution in [0.2, 0.25) is 0 Å². The maximum Gasteiger partial charge on any atom is 0.238 e. The van der Waals surface area contributed by atoms with E-state index in [1.165, 1.54) is 0 Å². The lowest BCUT2D eigenvalue weighted by Crippen LogP contribution is -2.06. The van der Waals surface area contributed by atoms with Gasteiger partial charge in [0, 0.05) is 115 Å². The Morgan fingerprint density at radius 1 is 0.133 bits per heavy atom. The van der Waals surface area contributed by atoms with Gasteiger partial charge < -0.3 is 13.7 Å². The van der Waals surface area contributed by atoms with Crippen LogP contribution in [0.3, 0.4) is 0 Å². The summed E-state index contributed by atoms with van der Waals surface area (Å²) < 4.78 is 141. The maximum absolute atomic E-state index is 8.89. The SMILES string of the molecule is [2H]c1c([2H])c([2H])c(-c2nc(-c3ccc(-c4ccccc4)cc3)nc(-n3c4ccccc4c4cc5c(cc43)c3ccccc3n5-c3ccccc3)n2)c([2H])c1[2H].[2H]c1c([2H])c([2H])c(-c2nc(-c3cccc(-c4ccccc4)c3)nc(-n3c4ccccc4c4cc5c(cc43)c3ccccc3n5-c3ccccc3)n2)c([2H])c1[2H].[2H]c1c([2H])c([2H])c(-c2nc(-c3ccccc3-c3ccccc3)nc(-n3c4ccccc4c4cc5c(cc43)c3ccccc3n5-c3ccccc3)n2)c([2H])c1[2H]. The molecular weight excluding hydrogens is 1830 g/mol. The molecule has 0 N–H and O–H groups in total. The Hall–Kier alpha value is -20.6. The van der Waals surface area contributed by atoms with E-state index >= 15 is 0 Å². The van der Waals surface area contributed by atoms with Crippen molar-refractivity contribution >= 4 is 131 Å². The molecule has 15 heteroatoms. The van der Waals surface area contributed by atoms with Crippen molar-refractivity contribution in [3.63, 3.8) is 0 Å². The highest BCUT2D eigenvalue weighted by Gasteiger charge is 2.28. The minimum atomic E-state index is -0.483. The van der Waals surface area contributed by atoms with Crippen LogP contribution in [-0.2, 0) is 0 Å². The number of benzene rings is 21. The zero-order valence-electron chi connectivity index (χ0n) is 94.8. The smallest absolute Gasteiger partial charge is 0.238 e. The number of hydrogen-bond acceptors (Lipinski definition) is 9. The second-order valence-electron chi connectivity index (χ2n) is 36.4. The monoisotopic (exact) mass is 1930 g/mol. The first-order chi connectivity index (χ1) is 80.6. The van der Waals surface area contributed by atoms with Crippen molar-refractivity contribution < 1.29 is 20.6 Å². The number of rotatable bonds is 15. The van der Waals surface area contributed by atoms with Gasteiger partial charge in [0.1, 0.15) is 0 Å². The molecule has 0 aliphatic heterocycles.